The molecule has 0 radical (unpaired) electrons. The normalized spacial score (nSPS) is 9.95. The van der Waals surface area contributed by atoms with Crippen LogP contribution in [0, 0.1) is 6.92 Å². The zero-order valence-corrected chi connectivity index (χ0v) is 10.8. The van der Waals surface area contributed by atoms with Gasteiger partial charge < -0.3 is 10.6 Å². The first-order valence-corrected chi connectivity index (χ1v) is 6.09. The lowest BCUT2D eigenvalue weighted by molar-refractivity contribution is 0.252. The first kappa shape index (κ1) is 13.0. The number of hydrogen-bond donors (Lipinski definition) is 2. The van der Waals surface area contributed by atoms with E-state index in [9.17, 15) is 4.79 Å². The van der Waals surface area contributed by atoms with E-state index >= 15 is 0 Å². The molecule has 0 spiro atoms. The molecule has 2 N–H and O–H groups in total. The van der Waals surface area contributed by atoms with Gasteiger partial charge in [0.2, 0.25) is 0 Å². The number of nitrogens with zero attached hydrogens (tertiary/aromatic N) is 2. The van der Waals surface area contributed by atoms with E-state index in [-0.39, 0.29) is 6.03 Å². The van der Waals surface area contributed by atoms with Crippen molar-refractivity contribution in [2.45, 2.75) is 13.3 Å². The van der Waals surface area contributed by atoms with E-state index in [2.05, 4.69) is 20.6 Å². The summed E-state index contributed by atoms with van der Waals surface area (Å²) < 4.78 is 0. The van der Waals surface area contributed by atoms with Gasteiger partial charge in [0.15, 0.2) is 0 Å². The van der Waals surface area contributed by atoms with Crippen LogP contribution in [-0.4, -0.2) is 22.5 Å². The van der Waals surface area contributed by atoms with E-state index in [1.165, 1.54) is 6.33 Å². The molecule has 1 heterocycles. The molecule has 2 rings (SSSR count). The highest BCUT2D eigenvalue weighted by Gasteiger charge is 2.01. The Bertz CT molecular complexity index is 525. The first-order valence-electron chi connectivity index (χ1n) is 6.09. The fourth-order valence-corrected chi connectivity index (χ4v) is 1.59. The van der Waals surface area contributed by atoms with Crippen LogP contribution in [0.15, 0.2) is 43.0 Å². The van der Waals surface area contributed by atoms with Crippen LogP contribution in [0.4, 0.5) is 10.5 Å². The lowest BCUT2D eigenvalue weighted by atomic mass is 10.2. The number of amides is 2. The molecule has 0 aliphatic heterocycles. The molecule has 0 saturated carbocycles. The summed E-state index contributed by atoms with van der Waals surface area (Å²) >= 11 is 0. The van der Waals surface area contributed by atoms with Crippen molar-refractivity contribution >= 4 is 11.7 Å². The maximum absolute atomic E-state index is 11.6. The van der Waals surface area contributed by atoms with Crippen LogP contribution in [0.1, 0.15) is 11.1 Å². The summed E-state index contributed by atoms with van der Waals surface area (Å²) in [5.74, 6) is 0. The minimum Gasteiger partial charge on any atom is -0.338 e. The molecule has 0 fully saturated rings. The Hall–Kier alpha value is -2.43. The lowest BCUT2D eigenvalue weighted by Crippen LogP contribution is -2.30. The smallest absolute Gasteiger partial charge is 0.319 e. The van der Waals surface area contributed by atoms with Crippen molar-refractivity contribution in [1.82, 2.24) is 15.3 Å². The fourth-order valence-electron chi connectivity index (χ4n) is 1.59. The summed E-state index contributed by atoms with van der Waals surface area (Å²) in [6.07, 6.45) is 5.68. The Morgan fingerprint density at radius 3 is 2.53 bits per heavy atom. The molecule has 5 nitrogen and oxygen atoms in total. The zero-order valence-electron chi connectivity index (χ0n) is 10.8. The number of hydrogen-bond acceptors (Lipinski definition) is 3. The van der Waals surface area contributed by atoms with E-state index < -0.39 is 0 Å². The van der Waals surface area contributed by atoms with Crippen LogP contribution < -0.4 is 10.6 Å². The van der Waals surface area contributed by atoms with Crippen molar-refractivity contribution in [3.8, 4) is 0 Å². The summed E-state index contributed by atoms with van der Waals surface area (Å²) in [6, 6.07) is 7.45. The highest BCUT2D eigenvalue weighted by Crippen LogP contribution is 2.07. The average molecular weight is 256 g/mol. The van der Waals surface area contributed by atoms with Gasteiger partial charge in [-0.3, -0.25) is 0 Å². The number of carbonyl (C=O) groups excluding carboxylic acids is 1. The van der Waals surface area contributed by atoms with Crippen molar-refractivity contribution in [2.24, 2.45) is 0 Å². The van der Waals surface area contributed by atoms with Crippen LogP contribution >= 0.6 is 0 Å². The van der Waals surface area contributed by atoms with Gasteiger partial charge >= 0.3 is 6.03 Å². The number of carbonyl (C=O) groups is 1. The predicted molar refractivity (Wildman–Crippen MR) is 73.9 cm³/mol. The van der Waals surface area contributed by atoms with Gasteiger partial charge in [0.1, 0.15) is 6.33 Å². The molecule has 2 aromatic rings. The summed E-state index contributed by atoms with van der Waals surface area (Å²) in [7, 11) is 0. The topological polar surface area (TPSA) is 66.9 Å². The Morgan fingerprint density at radius 2 is 1.84 bits per heavy atom. The number of anilines is 1. The highest BCUT2D eigenvalue weighted by atomic mass is 16.2. The van der Waals surface area contributed by atoms with Gasteiger partial charge in [0.05, 0.1) is 0 Å². The molecule has 0 bridgehead atoms. The van der Waals surface area contributed by atoms with Crippen molar-refractivity contribution in [1.29, 1.82) is 0 Å². The Morgan fingerprint density at radius 1 is 1.16 bits per heavy atom. The molecule has 1 aromatic heterocycles. The number of urea groups is 1. The summed E-state index contributed by atoms with van der Waals surface area (Å²) in [5, 5.41) is 5.56. The molecule has 1 aromatic carbocycles. The average Bonchev–Trinajstić information content (AvgIpc) is 2.43. The minimum atomic E-state index is -0.208. The second-order valence-corrected chi connectivity index (χ2v) is 4.24. The molecule has 0 saturated heterocycles. The number of benzene rings is 1. The van der Waals surface area contributed by atoms with Gasteiger partial charge in [-0.05, 0) is 31.0 Å². The van der Waals surface area contributed by atoms with Crippen LogP contribution in [0.5, 0.6) is 0 Å². The van der Waals surface area contributed by atoms with Crippen LogP contribution in [0.3, 0.4) is 0 Å². The van der Waals surface area contributed by atoms with Crippen molar-refractivity contribution in [3.63, 3.8) is 0 Å². The second-order valence-electron chi connectivity index (χ2n) is 4.24. The summed E-state index contributed by atoms with van der Waals surface area (Å²) in [5.41, 5.74) is 2.94. The van der Waals surface area contributed by atoms with Crippen LogP contribution in [-0.2, 0) is 6.42 Å². The largest absolute Gasteiger partial charge is 0.338 e. The third-order valence-corrected chi connectivity index (χ3v) is 2.62. The Kier molecular flexibility index (Phi) is 4.44. The van der Waals surface area contributed by atoms with Crippen molar-refractivity contribution < 1.29 is 4.79 Å². The maximum Gasteiger partial charge on any atom is 0.319 e. The second kappa shape index (κ2) is 6.49. The first-order chi connectivity index (χ1) is 9.24. The van der Waals surface area contributed by atoms with E-state index in [1.54, 1.807) is 12.4 Å². The van der Waals surface area contributed by atoms with Crippen molar-refractivity contribution in [2.75, 3.05) is 11.9 Å². The minimum absolute atomic E-state index is 0.208. The molecule has 0 aliphatic carbocycles. The number of nitrogens with one attached hydrogen (secondary N) is 2. The lowest BCUT2D eigenvalue weighted by Gasteiger charge is -2.07. The zero-order chi connectivity index (χ0) is 13.5. The third-order valence-electron chi connectivity index (χ3n) is 2.62. The standard InChI is InChI=1S/C14H16N4O/c1-11-2-4-13(5-3-11)18-14(19)17-7-6-12-8-15-10-16-9-12/h2-5,8-10H,6-7H2,1H3,(H2,17,18,19). The molecule has 0 unspecified atom stereocenters. The van der Waals surface area contributed by atoms with Gasteiger partial charge in [-0.1, -0.05) is 17.7 Å². The highest BCUT2D eigenvalue weighted by molar-refractivity contribution is 5.89. The molecule has 0 aliphatic rings. The number of aromatic nitrogens is 2. The van der Waals surface area contributed by atoms with Gasteiger partial charge in [-0.15, -0.1) is 0 Å². The maximum atomic E-state index is 11.6. The Labute approximate surface area is 112 Å². The molecule has 19 heavy (non-hydrogen) atoms. The van der Waals surface area contributed by atoms with Gasteiger partial charge in [-0.25, -0.2) is 14.8 Å². The van der Waals surface area contributed by atoms with E-state index in [1.807, 2.05) is 31.2 Å². The van der Waals surface area contributed by atoms with Gasteiger partial charge in [0.25, 0.3) is 0 Å². The molecule has 2 amide bonds. The van der Waals surface area contributed by atoms with E-state index in [0.717, 1.165) is 16.8 Å². The predicted octanol–water partition coefficient (Wildman–Crippen LogP) is 2.15. The molecule has 0 atom stereocenters. The van der Waals surface area contributed by atoms with Crippen molar-refractivity contribution in [3.05, 3.63) is 54.1 Å². The van der Waals surface area contributed by atoms with Gasteiger partial charge in [-0.2, -0.15) is 0 Å². The molecule has 98 valence electrons. The monoisotopic (exact) mass is 256 g/mol. The summed E-state index contributed by atoms with van der Waals surface area (Å²) in [4.78, 5) is 19.5. The number of aryl methyl sites for hydroxylation is 1. The van der Waals surface area contributed by atoms with Crippen LogP contribution in [0.25, 0.3) is 0 Å². The van der Waals surface area contributed by atoms with Gasteiger partial charge in [0, 0.05) is 24.6 Å². The SMILES string of the molecule is Cc1ccc(NC(=O)NCCc2cncnc2)cc1. The summed E-state index contributed by atoms with van der Waals surface area (Å²) in [6.45, 7) is 2.55. The Balaban J connectivity index is 1.74. The quantitative estimate of drug-likeness (QED) is 0.880. The van der Waals surface area contributed by atoms with Crippen LogP contribution in [0.2, 0.25) is 0 Å². The molecular formula is C14H16N4O. The number of rotatable bonds is 4. The van der Waals surface area contributed by atoms with E-state index in [4.69, 9.17) is 0 Å². The third kappa shape index (κ3) is 4.39. The molecular weight excluding hydrogens is 240 g/mol. The fraction of sp³-hybridized carbons (Fsp3) is 0.214. The van der Waals surface area contributed by atoms with E-state index in [0.29, 0.717) is 13.0 Å². The molecule has 5 heteroatoms.